The Morgan fingerprint density at radius 1 is 1.32 bits per heavy atom. The van der Waals surface area contributed by atoms with Gasteiger partial charge in [-0.15, -0.1) is 0 Å². The van der Waals surface area contributed by atoms with Crippen molar-refractivity contribution in [3.63, 3.8) is 0 Å². The van der Waals surface area contributed by atoms with Crippen LogP contribution in [0.2, 0.25) is 0 Å². The van der Waals surface area contributed by atoms with Crippen LogP contribution in [0, 0.1) is 5.92 Å². The first-order valence-corrected chi connectivity index (χ1v) is 10.4. The highest BCUT2D eigenvalue weighted by Gasteiger charge is 2.44. The van der Waals surface area contributed by atoms with E-state index in [9.17, 15) is 5.11 Å². The summed E-state index contributed by atoms with van der Waals surface area (Å²) in [4.78, 5) is 0. The largest absolute Gasteiger partial charge is 0.492 e. The number of rotatable bonds is 4. The van der Waals surface area contributed by atoms with Crippen molar-refractivity contribution in [1.82, 2.24) is 0 Å². The van der Waals surface area contributed by atoms with E-state index in [-0.39, 0.29) is 30.5 Å². The molecule has 3 atom stereocenters. The molecular formula is C22H34NO5+. The van der Waals surface area contributed by atoms with Crippen molar-refractivity contribution < 1.29 is 28.5 Å². The van der Waals surface area contributed by atoms with Crippen molar-refractivity contribution in [3.8, 4) is 17.2 Å². The summed E-state index contributed by atoms with van der Waals surface area (Å²) in [5.41, 5.74) is 2.26. The van der Waals surface area contributed by atoms with Crippen LogP contribution in [0.1, 0.15) is 50.3 Å². The van der Waals surface area contributed by atoms with Gasteiger partial charge in [0.05, 0.1) is 45.0 Å². The Hall–Kier alpha value is -1.50. The average Bonchev–Trinajstić information content (AvgIpc) is 3.09. The van der Waals surface area contributed by atoms with E-state index in [1.165, 1.54) is 11.1 Å². The molecule has 28 heavy (non-hydrogen) atoms. The van der Waals surface area contributed by atoms with Crippen molar-refractivity contribution in [2.75, 3.05) is 41.1 Å². The van der Waals surface area contributed by atoms with Crippen LogP contribution in [-0.4, -0.2) is 62.4 Å². The number of methoxy groups -OCH3 is 1. The van der Waals surface area contributed by atoms with Gasteiger partial charge < -0.3 is 28.5 Å². The smallest absolute Gasteiger partial charge is 0.231 e. The summed E-state index contributed by atoms with van der Waals surface area (Å²) in [6, 6.07) is 2.25. The second kappa shape index (κ2) is 7.08. The first-order valence-electron chi connectivity index (χ1n) is 10.4. The van der Waals surface area contributed by atoms with Crippen LogP contribution in [0.4, 0.5) is 0 Å². The van der Waals surface area contributed by atoms with Crippen molar-refractivity contribution in [3.05, 3.63) is 17.2 Å². The van der Waals surface area contributed by atoms with Gasteiger partial charge in [0.25, 0.3) is 0 Å². The fourth-order valence-electron chi connectivity index (χ4n) is 5.20. The third kappa shape index (κ3) is 3.46. The van der Waals surface area contributed by atoms with Gasteiger partial charge in [-0.25, -0.2) is 0 Å². The van der Waals surface area contributed by atoms with Crippen LogP contribution in [0.3, 0.4) is 0 Å². The molecule has 1 fully saturated rings. The molecule has 3 unspecified atom stereocenters. The highest BCUT2D eigenvalue weighted by Crippen LogP contribution is 2.52. The molecule has 0 aromatic heterocycles. The van der Waals surface area contributed by atoms with Crippen LogP contribution in [0.15, 0.2) is 6.07 Å². The molecule has 1 saturated heterocycles. The molecule has 1 aromatic carbocycles. The minimum absolute atomic E-state index is 0.147. The van der Waals surface area contributed by atoms with Gasteiger partial charge in [0, 0.05) is 19.4 Å². The molecule has 4 rings (SSSR count). The quantitative estimate of drug-likeness (QED) is 0.798. The number of likely N-dealkylation sites (N-methyl/N-ethyl adjacent to an activating group) is 1. The summed E-state index contributed by atoms with van der Waals surface area (Å²) < 4.78 is 23.8. The van der Waals surface area contributed by atoms with E-state index in [2.05, 4.69) is 34.0 Å². The topological polar surface area (TPSA) is 57.2 Å². The Morgan fingerprint density at radius 2 is 2.11 bits per heavy atom. The Bertz CT molecular complexity index is 745. The van der Waals surface area contributed by atoms with Gasteiger partial charge >= 0.3 is 0 Å². The summed E-state index contributed by atoms with van der Waals surface area (Å²) in [6.45, 7) is 6.21. The summed E-state index contributed by atoms with van der Waals surface area (Å²) in [6.07, 6.45) is 3.10. The second-order valence-corrected chi connectivity index (χ2v) is 9.65. The van der Waals surface area contributed by atoms with Crippen LogP contribution in [0.25, 0.3) is 0 Å². The van der Waals surface area contributed by atoms with Crippen molar-refractivity contribution in [1.29, 1.82) is 0 Å². The molecule has 0 bridgehead atoms. The van der Waals surface area contributed by atoms with E-state index in [0.717, 1.165) is 48.4 Å². The first kappa shape index (κ1) is 19.8. The molecule has 0 saturated carbocycles. The van der Waals surface area contributed by atoms with Gasteiger partial charge in [-0.05, 0) is 44.2 Å². The van der Waals surface area contributed by atoms with Gasteiger partial charge in [-0.2, -0.15) is 0 Å². The lowest BCUT2D eigenvalue weighted by atomic mass is 9.79. The highest BCUT2D eigenvalue weighted by atomic mass is 16.7. The lowest BCUT2D eigenvalue weighted by Gasteiger charge is -2.45. The molecule has 1 N–H and O–H groups in total. The van der Waals surface area contributed by atoms with Crippen LogP contribution in [-0.2, 0) is 11.2 Å². The number of nitrogens with zero attached hydrogens (tertiary/aromatic N) is 1. The predicted molar refractivity (Wildman–Crippen MR) is 106 cm³/mol. The summed E-state index contributed by atoms with van der Waals surface area (Å²) in [5.74, 6) is 2.51. The Labute approximate surface area is 167 Å². The van der Waals surface area contributed by atoms with Gasteiger partial charge in [0.1, 0.15) is 6.04 Å². The maximum Gasteiger partial charge on any atom is 0.231 e. The van der Waals surface area contributed by atoms with E-state index in [1.54, 1.807) is 7.11 Å². The van der Waals surface area contributed by atoms with E-state index < -0.39 is 0 Å². The van der Waals surface area contributed by atoms with Gasteiger partial charge in [-0.3, -0.25) is 0 Å². The van der Waals surface area contributed by atoms with Gasteiger partial charge in [0.2, 0.25) is 12.5 Å². The van der Waals surface area contributed by atoms with Crippen molar-refractivity contribution in [2.45, 2.75) is 57.3 Å². The lowest BCUT2D eigenvalue weighted by molar-refractivity contribution is -0.924. The van der Waals surface area contributed by atoms with E-state index in [1.807, 2.05) is 0 Å². The predicted octanol–water partition coefficient (Wildman–Crippen LogP) is 3.05. The standard InChI is InChI=1S/C22H34NO5/c1-22(2)12-15(7-9-28-22)17(24)11-16-19-14(6-8-23(16,3)4)10-18-20(21(19)25-5)27-13-26-18/h10,15-17,24H,6-9,11-13H2,1-5H3/q+1. The maximum atomic E-state index is 11.2. The fraction of sp³-hybridized carbons (Fsp3) is 0.727. The minimum atomic E-state index is -0.369. The normalized spacial score (nSPS) is 28.5. The monoisotopic (exact) mass is 392 g/mol. The molecule has 0 aliphatic carbocycles. The Balaban J connectivity index is 1.67. The van der Waals surface area contributed by atoms with Crippen LogP contribution >= 0.6 is 0 Å². The fourth-order valence-corrected chi connectivity index (χ4v) is 5.20. The molecule has 6 nitrogen and oxygen atoms in total. The number of hydrogen-bond acceptors (Lipinski definition) is 5. The SMILES string of the molecule is COc1c2c(cc3c1C(CC(O)C1CCOC(C)(C)C1)[N+](C)(C)CC3)OCO2. The van der Waals surface area contributed by atoms with Crippen molar-refractivity contribution >= 4 is 0 Å². The highest BCUT2D eigenvalue weighted by molar-refractivity contribution is 5.61. The van der Waals surface area contributed by atoms with Crippen LogP contribution < -0.4 is 14.2 Å². The van der Waals surface area contributed by atoms with E-state index in [4.69, 9.17) is 18.9 Å². The molecule has 0 spiro atoms. The third-order valence-electron chi connectivity index (χ3n) is 6.83. The molecule has 0 amide bonds. The summed E-state index contributed by atoms with van der Waals surface area (Å²) in [7, 11) is 6.19. The maximum absolute atomic E-state index is 11.2. The van der Waals surface area contributed by atoms with E-state index in [0.29, 0.717) is 12.2 Å². The summed E-state index contributed by atoms with van der Waals surface area (Å²) >= 11 is 0. The number of aliphatic hydroxyl groups is 1. The molecule has 6 heteroatoms. The Kier molecular flexibility index (Phi) is 5.01. The second-order valence-electron chi connectivity index (χ2n) is 9.65. The zero-order valence-corrected chi connectivity index (χ0v) is 17.8. The van der Waals surface area contributed by atoms with Crippen LogP contribution in [0.5, 0.6) is 17.2 Å². The zero-order valence-electron chi connectivity index (χ0n) is 17.8. The number of ether oxygens (including phenoxy) is 4. The van der Waals surface area contributed by atoms with Gasteiger partial charge in [0.15, 0.2) is 11.5 Å². The average molecular weight is 393 g/mol. The van der Waals surface area contributed by atoms with Crippen molar-refractivity contribution in [2.24, 2.45) is 5.92 Å². The molecule has 156 valence electrons. The number of aliphatic hydroxyl groups excluding tert-OH is 1. The van der Waals surface area contributed by atoms with E-state index >= 15 is 0 Å². The lowest BCUT2D eigenvalue weighted by Crippen LogP contribution is -2.50. The number of benzene rings is 1. The molecule has 3 heterocycles. The number of fused-ring (bicyclic) bond motifs is 2. The molecule has 1 aromatic rings. The molecule has 3 aliphatic rings. The molecular weight excluding hydrogens is 358 g/mol. The number of quaternary nitrogens is 1. The van der Waals surface area contributed by atoms with Gasteiger partial charge in [-0.1, -0.05) is 0 Å². The first-order chi connectivity index (χ1) is 13.2. The number of hydrogen-bond donors (Lipinski definition) is 1. The Morgan fingerprint density at radius 3 is 2.82 bits per heavy atom. The zero-order chi connectivity index (χ0) is 20.1. The molecule has 3 aliphatic heterocycles. The molecule has 0 radical (unpaired) electrons. The minimum Gasteiger partial charge on any atom is -0.492 e. The summed E-state index contributed by atoms with van der Waals surface area (Å²) in [5, 5.41) is 11.2. The third-order valence-corrected chi connectivity index (χ3v) is 6.83.